The lowest BCUT2D eigenvalue weighted by atomic mass is 10.3. The van der Waals surface area contributed by atoms with Gasteiger partial charge in [-0.1, -0.05) is 11.2 Å². The molecule has 0 amide bonds. The Morgan fingerprint density at radius 1 is 1.60 bits per heavy atom. The zero-order valence-electron chi connectivity index (χ0n) is 6.50. The summed E-state index contributed by atoms with van der Waals surface area (Å²) in [6, 6.07) is 0. The fraction of sp³-hybridized carbons (Fsp3) is 1.00. The van der Waals surface area contributed by atoms with Gasteiger partial charge < -0.3 is 9.29 Å². The number of rotatable bonds is 2. The largest absolute Gasteiger partial charge is 0.616 e. The lowest BCUT2D eigenvalue weighted by Gasteiger charge is -2.11. The third-order valence-corrected chi connectivity index (χ3v) is 2.94. The molecule has 60 valence electrons. The number of ether oxygens (including phenoxy) is 1. The van der Waals surface area contributed by atoms with Gasteiger partial charge in [-0.15, -0.1) is 0 Å². The molecule has 0 saturated carbocycles. The van der Waals surface area contributed by atoms with E-state index >= 15 is 0 Å². The molecule has 0 aromatic carbocycles. The van der Waals surface area contributed by atoms with Crippen molar-refractivity contribution in [3.05, 3.63) is 0 Å². The van der Waals surface area contributed by atoms with E-state index in [1.165, 1.54) is 0 Å². The van der Waals surface area contributed by atoms with Gasteiger partial charge in [0.2, 0.25) is 0 Å². The zero-order valence-corrected chi connectivity index (χ0v) is 7.32. The summed E-state index contributed by atoms with van der Waals surface area (Å²) < 4.78 is 16.4. The maximum Gasteiger partial charge on any atom is 0.131 e. The molecule has 1 fully saturated rings. The maximum absolute atomic E-state index is 10.9. The first-order valence-electron chi connectivity index (χ1n) is 3.69. The van der Waals surface area contributed by atoms with Gasteiger partial charge >= 0.3 is 0 Å². The van der Waals surface area contributed by atoms with Gasteiger partial charge in [0.25, 0.3) is 0 Å². The summed E-state index contributed by atoms with van der Waals surface area (Å²) in [7, 11) is 0. The van der Waals surface area contributed by atoms with Gasteiger partial charge in [0, 0.05) is 6.42 Å². The Labute approximate surface area is 65.1 Å². The minimum atomic E-state index is -0.594. The standard InChI is InChI=1S/C7H14O2S/c1-6(2)9-7-3-4-10(8)5-7/h6-7H,3-5H2,1-2H3. The summed E-state index contributed by atoms with van der Waals surface area (Å²) in [5.74, 6) is 1.58. The van der Waals surface area contributed by atoms with Gasteiger partial charge in [-0.25, -0.2) is 0 Å². The van der Waals surface area contributed by atoms with Crippen molar-refractivity contribution in [2.75, 3.05) is 11.5 Å². The topological polar surface area (TPSA) is 32.3 Å². The van der Waals surface area contributed by atoms with E-state index in [2.05, 4.69) is 0 Å². The highest BCUT2D eigenvalue weighted by Gasteiger charge is 2.27. The van der Waals surface area contributed by atoms with Crippen molar-refractivity contribution in [2.45, 2.75) is 32.5 Å². The van der Waals surface area contributed by atoms with Crippen LogP contribution in [0.3, 0.4) is 0 Å². The Balaban J connectivity index is 2.18. The number of hydrogen-bond acceptors (Lipinski definition) is 2. The predicted molar refractivity (Wildman–Crippen MR) is 42.5 cm³/mol. The van der Waals surface area contributed by atoms with E-state index in [4.69, 9.17) is 4.74 Å². The van der Waals surface area contributed by atoms with Crippen LogP contribution in [0.1, 0.15) is 20.3 Å². The molecule has 2 nitrogen and oxygen atoms in total. The normalized spacial score (nSPS) is 33.6. The second-order valence-electron chi connectivity index (χ2n) is 2.91. The monoisotopic (exact) mass is 162 g/mol. The van der Waals surface area contributed by atoms with Gasteiger partial charge in [-0.2, -0.15) is 0 Å². The summed E-state index contributed by atoms with van der Waals surface area (Å²) in [6.45, 7) is 4.03. The first-order valence-corrected chi connectivity index (χ1v) is 5.17. The third kappa shape index (κ3) is 2.48. The second kappa shape index (κ2) is 3.60. The Morgan fingerprint density at radius 3 is 2.70 bits per heavy atom. The van der Waals surface area contributed by atoms with E-state index in [0.717, 1.165) is 17.9 Å². The third-order valence-electron chi connectivity index (χ3n) is 1.50. The van der Waals surface area contributed by atoms with Crippen LogP contribution < -0.4 is 0 Å². The number of hydrogen-bond donors (Lipinski definition) is 0. The van der Waals surface area contributed by atoms with Crippen molar-refractivity contribution in [1.82, 2.24) is 0 Å². The minimum absolute atomic E-state index is 0.265. The zero-order chi connectivity index (χ0) is 7.56. The second-order valence-corrected chi connectivity index (χ2v) is 4.53. The van der Waals surface area contributed by atoms with E-state index in [9.17, 15) is 4.55 Å². The van der Waals surface area contributed by atoms with E-state index in [0.29, 0.717) is 0 Å². The molecule has 0 N–H and O–H groups in total. The molecule has 3 heteroatoms. The fourth-order valence-electron chi connectivity index (χ4n) is 1.13. The van der Waals surface area contributed by atoms with Crippen molar-refractivity contribution in [3.63, 3.8) is 0 Å². The molecule has 10 heavy (non-hydrogen) atoms. The average Bonchev–Trinajstić information content (AvgIpc) is 2.13. The Hall–Kier alpha value is 0.270. The molecular formula is C7H14O2S. The van der Waals surface area contributed by atoms with Crippen LogP contribution in [0.4, 0.5) is 0 Å². The van der Waals surface area contributed by atoms with Crippen LogP contribution >= 0.6 is 0 Å². The van der Waals surface area contributed by atoms with Crippen LogP contribution in [0.5, 0.6) is 0 Å². The molecule has 1 aliphatic rings. The molecule has 0 radical (unpaired) electrons. The summed E-state index contributed by atoms with van der Waals surface area (Å²) in [6.07, 6.45) is 1.52. The molecule has 0 aromatic heterocycles. The van der Waals surface area contributed by atoms with Gasteiger partial charge in [0.05, 0.1) is 6.10 Å². The quantitative estimate of drug-likeness (QED) is 0.566. The molecule has 1 saturated heterocycles. The Kier molecular flexibility index (Phi) is 3.01. The van der Waals surface area contributed by atoms with Crippen LogP contribution in [0.25, 0.3) is 0 Å². The molecule has 2 atom stereocenters. The van der Waals surface area contributed by atoms with Crippen molar-refractivity contribution in [1.29, 1.82) is 0 Å². The van der Waals surface area contributed by atoms with Gasteiger partial charge in [-0.3, -0.25) is 0 Å². The molecule has 0 aromatic rings. The maximum atomic E-state index is 10.9. The summed E-state index contributed by atoms with van der Waals surface area (Å²) >= 11 is -0.594. The SMILES string of the molecule is CC(C)OC1CC[S+]([O-])C1. The van der Waals surface area contributed by atoms with Gasteiger partial charge in [0.15, 0.2) is 0 Å². The van der Waals surface area contributed by atoms with Crippen molar-refractivity contribution >= 4 is 11.2 Å². The van der Waals surface area contributed by atoms with Crippen LogP contribution in [-0.4, -0.2) is 28.3 Å². The van der Waals surface area contributed by atoms with Crippen molar-refractivity contribution in [3.8, 4) is 0 Å². The van der Waals surface area contributed by atoms with Crippen LogP contribution in [0, 0.1) is 0 Å². The molecule has 1 heterocycles. The first kappa shape index (κ1) is 8.37. The van der Waals surface area contributed by atoms with Crippen molar-refractivity contribution in [2.24, 2.45) is 0 Å². The summed E-state index contributed by atoms with van der Waals surface area (Å²) in [5, 5.41) is 0. The van der Waals surface area contributed by atoms with Crippen LogP contribution in [-0.2, 0) is 15.9 Å². The van der Waals surface area contributed by atoms with Crippen LogP contribution in [0.2, 0.25) is 0 Å². The minimum Gasteiger partial charge on any atom is -0.616 e. The highest BCUT2D eigenvalue weighted by Crippen LogP contribution is 2.15. The lowest BCUT2D eigenvalue weighted by molar-refractivity contribution is 0.0234. The molecule has 0 spiro atoms. The Morgan fingerprint density at radius 2 is 2.30 bits per heavy atom. The smallest absolute Gasteiger partial charge is 0.131 e. The first-order chi connectivity index (χ1) is 4.68. The highest BCUT2D eigenvalue weighted by molar-refractivity contribution is 7.91. The fourth-order valence-corrected chi connectivity index (χ4v) is 2.48. The molecule has 0 bridgehead atoms. The molecule has 1 rings (SSSR count). The van der Waals surface area contributed by atoms with Crippen LogP contribution in [0.15, 0.2) is 0 Å². The van der Waals surface area contributed by atoms with E-state index in [1.807, 2.05) is 13.8 Å². The van der Waals surface area contributed by atoms with E-state index in [-0.39, 0.29) is 12.2 Å². The predicted octanol–water partition coefficient (Wildman–Crippen LogP) is 0.932. The van der Waals surface area contributed by atoms with Crippen molar-refractivity contribution < 1.29 is 9.29 Å². The highest BCUT2D eigenvalue weighted by atomic mass is 32.2. The lowest BCUT2D eigenvalue weighted by Crippen LogP contribution is -2.18. The van der Waals surface area contributed by atoms with Gasteiger partial charge in [-0.05, 0) is 13.8 Å². The summed E-state index contributed by atoms with van der Waals surface area (Å²) in [4.78, 5) is 0. The van der Waals surface area contributed by atoms with Gasteiger partial charge in [0.1, 0.15) is 17.6 Å². The Bertz CT molecular complexity index is 106. The summed E-state index contributed by atoms with van der Waals surface area (Å²) in [5.41, 5.74) is 0. The molecule has 2 unspecified atom stereocenters. The molecule has 1 aliphatic heterocycles. The van der Waals surface area contributed by atoms with E-state index in [1.54, 1.807) is 0 Å². The molecule has 0 aliphatic carbocycles. The van der Waals surface area contributed by atoms with E-state index < -0.39 is 11.2 Å². The molecular weight excluding hydrogens is 148 g/mol. The average molecular weight is 162 g/mol.